The molecule has 1 aromatic rings. The van der Waals surface area contributed by atoms with Crippen molar-refractivity contribution in [1.29, 1.82) is 0 Å². The van der Waals surface area contributed by atoms with Crippen LogP contribution in [-0.4, -0.2) is 16.4 Å². The van der Waals surface area contributed by atoms with E-state index in [-0.39, 0.29) is 11.9 Å². The van der Waals surface area contributed by atoms with E-state index >= 15 is 0 Å². The van der Waals surface area contributed by atoms with Crippen molar-refractivity contribution in [2.75, 3.05) is 4.43 Å². The molecule has 1 atom stereocenters. The Morgan fingerprint density at radius 1 is 1.38 bits per heavy atom. The maximum atomic E-state index is 12.0. The first kappa shape index (κ1) is 13.5. The van der Waals surface area contributed by atoms with Crippen LogP contribution in [0.3, 0.4) is 0 Å². The molecular weight excluding hydrogens is 313 g/mol. The zero-order chi connectivity index (χ0) is 12.1. The third-order valence-electron chi connectivity index (χ3n) is 2.68. The van der Waals surface area contributed by atoms with E-state index in [1.807, 2.05) is 31.2 Å². The van der Waals surface area contributed by atoms with Crippen molar-refractivity contribution >= 4 is 28.5 Å². The van der Waals surface area contributed by atoms with Crippen LogP contribution in [0.1, 0.15) is 29.8 Å². The normalized spacial score (nSPS) is 12.6. The van der Waals surface area contributed by atoms with Crippen molar-refractivity contribution in [2.24, 2.45) is 5.92 Å². The summed E-state index contributed by atoms with van der Waals surface area (Å²) in [6.07, 6.45) is 0. The number of hydrogen-bond acceptors (Lipinski definition) is 1. The quantitative estimate of drug-likeness (QED) is 0.666. The number of carbonyl (C=O) groups excluding carboxylic acids is 1. The third-order valence-corrected chi connectivity index (χ3v) is 3.63. The lowest BCUT2D eigenvalue weighted by molar-refractivity contribution is 0.0931. The molecule has 0 fully saturated rings. The van der Waals surface area contributed by atoms with Gasteiger partial charge in [0.1, 0.15) is 0 Å². The third kappa shape index (κ3) is 3.47. The number of benzene rings is 1. The Bertz CT molecular complexity index is 363. The molecule has 1 rings (SSSR count). The van der Waals surface area contributed by atoms with Gasteiger partial charge in [0.05, 0.1) is 0 Å². The number of aryl methyl sites for hydroxylation is 1. The van der Waals surface area contributed by atoms with Gasteiger partial charge in [-0.15, -0.1) is 0 Å². The van der Waals surface area contributed by atoms with Crippen molar-refractivity contribution in [3.63, 3.8) is 0 Å². The summed E-state index contributed by atoms with van der Waals surface area (Å²) in [5, 5.41) is 3.08. The van der Waals surface area contributed by atoms with Crippen molar-refractivity contribution < 1.29 is 4.79 Å². The fourth-order valence-electron chi connectivity index (χ4n) is 1.46. The molecule has 3 heteroatoms. The number of rotatable bonds is 4. The van der Waals surface area contributed by atoms with Crippen molar-refractivity contribution in [3.8, 4) is 0 Å². The Hall–Kier alpha value is -0.580. The maximum absolute atomic E-state index is 12.0. The summed E-state index contributed by atoms with van der Waals surface area (Å²) in [7, 11) is 0. The predicted octanol–water partition coefficient (Wildman–Crippen LogP) is 3.18. The SMILES string of the molecule is Cc1ccccc1C(=O)NC(CI)C(C)C. The van der Waals surface area contributed by atoms with Gasteiger partial charge in [0.2, 0.25) is 0 Å². The van der Waals surface area contributed by atoms with E-state index in [2.05, 4.69) is 41.8 Å². The highest BCUT2D eigenvalue weighted by atomic mass is 127. The summed E-state index contributed by atoms with van der Waals surface area (Å²) in [4.78, 5) is 12.0. The van der Waals surface area contributed by atoms with E-state index in [0.29, 0.717) is 5.92 Å². The number of hydrogen-bond donors (Lipinski definition) is 1. The van der Waals surface area contributed by atoms with Crippen molar-refractivity contribution in [3.05, 3.63) is 35.4 Å². The Labute approximate surface area is 111 Å². The summed E-state index contributed by atoms with van der Waals surface area (Å²) < 4.78 is 0.938. The fraction of sp³-hybridized carbons (Fsp3) is 0.462. The molecule has 1 unspecified atom stereocenters. The highest BCUT2D eigenvalue weighted by Gasteiger charge is 2.16. The molecule has 0 saturated heterocycles. The number of nitrogens with one attached hydrogen (secondary N) is 1. The predicted molar refractivity (Wildman–Crippen MR) is 76.2 cm³/mol. The van der Waals surface area contributed by atoms with Crippen LogP contribution in [0.4, 0.5) is 0 Å². The van der Waals surface area contributed by atoms with Crippen LogP contribution >= 0.6 is 22.6 Å². The van der Waals surface area contributed by atoms with Crippen LogP contribution in [0.25, 0.3) is 0 Å². The zero-order valence-electron chi connectivity index (χ0n) is 9.96. The first-order valence-electron chi connectivity index (χ1n) is 5.48. The molecule has 0 aliphatic carbocycles. The second-order valence-corrected chi connectivity index (χ2v) is 5.17. The van der Waals surface area contributed by atoms with Gasteiger partial charge in [-0.1, -0.05) is 54.6 Å². The smallest absolute Gasteiger partial charge is 0.251 e. The van der Waals surface area contributed by atoms with Gasteiger partial charge in [-0.25, -0.2) is 0 Å². The van der Waals surface area contributed by atoms with Gasteiger partial charge in [0.25, 0.3) is 5.91 Å². The minimum atomic E-state index is 0.0356. The number of carbonyl (C=O) groups is 1. The van der Waals surface area contributed by atoms with Gasteiger partial charge in [-0.05, 0) is 24.5 Å². The van der Waals surface area contributed by atoms with Crippen LogP contribution in [-0.2, 0) is 0 Å². The van der Waals surface area contributed by atoms with Crippen LogP contribution < -0.4 is 5.32 Å². The molecule has 0 heterocycles. The van der Waals surface area contributed by atoms with E-state index in [9.17, 15) is 4.79 Å². The highest BCUT2D eigenvalue weighted by Crippen LogP contribution is 2.10. The average Bonchev–Trinajstić information content (AvgIpc) is 2.25. The van der Waals surface area contributed by atoms with Crippen molar-refractivity contribution in [1.82, 2.24) is 5.32 Å². The lowest BCUT2D eigenvalue weighted by atomic mass is 10.0. The highest BCUT2D eigenvalue weighted by molar-refractivity contribution is 14.1. The van der Waals surface area contributed by atoms with E-state index in [0.717, 1.165) is 15.6 Å². The molecule has 0 aromatic heterocycles. The molecule has 1 aromatic carbocycles. The lowest BCUT2D eigenvalue weighted by Crippen LogP contribution is -2.39. The topological polar surface area (TPSA) is 29.1 Å². The van der Waals surface area contributed by atoms with Gasteiger partial charge < -0.3 is 5.32 Å². The second kappa shape index (κ2) is 6.23. The standard InChI is InChI=1S/C13H18INO/c1-9(2)12(8-14)15-13(16)11-7-5-4-6-10(11)3/h4-7,9,12H,8H2,1-3H3,(H,15,16). The van der Waals surface area contributed by atoms with Crippen LogP contribution in [0, 0.1) is 12.8 Å². The largest absolute Gasteiger partial charge is 0.348 e. The first-order chi connectivity index (χ1) is 7.56. The molecule has 0 aliphatic heterocycles. The lowest BCUT2D eigenvalue weighted by Gasteiger charge is -2.20. The van der Waals surface area contributed by atoms with Gasteiger partial charge in [-0.3, -0.25) is 4.79 Å². The first-order valence-corrected chi connectivity index (χ1v) is 7.01. The summed E-state index contributed by atoms with van der Waals surface area (Å²) in [5.41, 5.74) is 1.80. The van der Waals surface area contributed by atoms with Gasteiger partial charge >= 0.3 is 0 Å². The number of amides is 1. The zero-order valence-corrected chi connectivity index (χ0v) is 12.1. The average molecular weight is 331 g/mol. The van der Waals surface area contributed by atoms with Gasteiger partial charge in [0, 0.05) is 16.0 Å². The maximum Gasteiger partial charge on any atom is 0.251 e. The van der Waals surface area contributed by atoms with Crippen LogP contribution in [0.2, 0.25) is 0 Å². The van der Waals surface area contributed by atoms with Crippen LogP contribution in [0.15, 0.2) is 24.3 Å². The molecule has 88 valence electrons. The summed E-state index contributed by atoms with van der Waals surface area (Å²) in [5.74, 6) is 0.498. The minimum Gasteiger partial charge on any atom is -0.348 e. The molecular formula is C13H18INO. The minimum absolute atomic E-state index is 0.0356. The molecule has 16 heavy (non-hydrogen) atoms. The number of alkyl halides is 1. The molecule has 0 saturated carbocycles. The Morgan fingerprint density at radius 2 is 2.00 bits per heavy atom. The van der Waals surface area contributed by atoms with Crippen molar-refractivity contribution in [2.45, 2.75) is 26.8 Å². The summed E-state index contributed by atoms with van der Waals surface area (Å²) in [6, 6.07) is 7.92. The Morgan fingerprint density at radius 3 is 2.50 bits per heavy atom. The van der Waals surface area contributed by atoms with Gasteiger partial charge in [-0.2, -0.15) is 0 Å². The van der Waals surface area contributed by atoms with E-state index < -0.39 is 0 Å². The van der Waals surface area contributed by atoms with Gasteiger partial charge in [0.15, 0.2) is 0 Å². The van der Waals surface area contributed by atoms with E-state index in [1.165, 1.54) is 0 Å². The van der Waals surface area contributed by atoms with E-state index in [1.54, 1.807) is 0 Å². The van der Waals surface area contributed by atoms with Crippen LogP contribution in [0.5, 0.6) is 0 Å². The van der Waals surface area contributed by atoms with E-state index in [4.69, 9.17) is 0 Å². The molecule has 0 aliphatic rings. The molecule has 0 bridgehead atoms. The molecule has 0 spiro atoms. The fourth-order valence-corrected chi connectivity index (χ4v) is 2.69. The Balaban J connectivity index is 2.76. The monoisotopic (exact) mass is 331 g/mol. The second-order valence-electron chi connectivity index (χ2n) is 4.29. The molecule has 2 nitrogen and oxygen atoms in total. The Kier molecular flexibility index (Phi) is 5.25. The molecule has 0 radical (unpaired) electrons. The summed E-state index contributed by atoms with van der Waals surface area (Å²) in [6.45, 7) is 6.21. The molecule has 1 amide bonds. The summed E-state index contributed by atoms with van der Waals surface area (Å²) >= 11 is 2.31. The number of halogens is 1. The molecule has 1 N–H and O–H groups in total.